The fourth-order valence-electron chi connectivity index (χ4n) is 2.52. The van der Waals surface area contributed by atoms with Crippen LogP contribution in [-0.4, -0.2) is 18.0 Å². The minimum atomic E-state index is 0.483. The number of aromatic nitrogens is 2. The highest BCUT2D eigenvalue weighted by Gasteiger charge is 2.10. The molecule has 0 N–H and O–H groups in total. The summed E-state index contributed by atoms with van der Waals surface area (Å²) < 4.78 is 5.78. The third kappa shape index (κ3) is 2.86. The smallest absolute Gasteiger partial charge is 0.248 e. The first-order chi connectivity index (χ1) is 11.8. The molecule has 0 atom stereocenters. The van der Waals surface area contributed by atoms with Crippen LogP contribution in [0.15, 0.2) is 83.3 Å². The normalized spacial score (nSPS) is 10.7. The minimum absolute atomic E-state index is 0.483. The number of rotatable bonds is 3. The van der Waals surface area contributed by atoms with Gasteiger partial charge in [-0.15, -0.1) is 10.2 Å². The minimum Gasteiger partial charge on any atom is -0.416 e. The van der Waals surface area contributed by atoms with E-state index in [1.54, 1.807) is 0 Å². The van der Waals surface area contributed by atoms with E-state index in [1.807, 2.05) is 54.6 Å². The van der Waals surface area contributed by atoms with Crippen molar-refractivity contribution < 1.29 is 4.42 Å². The van der Waals surface area contributed by atoms with Gasteiger partial charge in [-0.05, 0) is 23.3 Å². The van der Waals surface area contributed by atoms with E-state index >= 15 is 0 Å². The molecule has 2 radical (unpaired) electrons. The topological polar surface area (TPSA) is 38.9 Å². The molecule has 0 aliphatic carbocycles. The van der Waals surface area contributed by atoms with Crippen molar-refractivity contribution >= 4 is 13.3 Å². The maximum Gasteiger partial charge on any atom is 0.248 e. The lowest BCUT2D eigenvalue weighted by Crippen LogP contribution is -1.99. The Labute approximate surface area is 141 Å². The van der Waals surface area contributed by atoms with Crippen molar-refractivity contribution in [3.8, 4) is 34.0 Å². The first-order valence-corrected chi connectivity index (χ1v) is 7.65. The average Bonchev–Trinajstić information content (AvgIpc) is 3.13. The first-order valence-electron chi connectivity index (χ1n) is 7.65. The Hall–Kier alpha value is -3.14. The van der Waals surface area contributed by atoms with E-state index in [0.29, 0.717) is 17.2 Å². The van der Waals surface area contributed by atoms with Crippen LogP contribution in [0.4, 0.5) is 0 Å². The third-order valence-electron chi connectivity index (χ3n) is 3.82. The highest BCUT2D eigenvalue weighted by Crippen LogP contribution is 2.26. The van der Waals surface area contributed by atoms with Crippen molar-refractivity contribution in [2.75, 3.05) is 0 Å². The van der Waals surface area contributed by atoms with Crippen LogP contribution in [0.25, 0.3) is 34.0 Å². The van der Waals surface area contributed by atoms with Crippen LogP contribution >= 0.6 is 0 Å². The molecule has 0 amide bonds. The maximum atomic E-state index is 5.78. The van der Waals surface area contributed by atoms with Crippen LogP contribution in [0.2, 0.25) is 0 Å². The quantitative estimate of drug-likeness (QED) is 0.539. The Morgan fingerprint density at radius 3 is 1.58 bits per heavy atom. The van der Waals surface area contributed by atoms with Crippen LogP contribution in [0, 0.1) is 0 Å². The van der Waals surface area contributed by atoms with Gasteiger partial charge in [0.2, 0.25) is 11.8 Å². The Balaban J connectivity index is 1.62. The molecule has 0 spiro atoms. The van der Waals surface area contributed by atoms with Crippen LogP contribution in [0.1, 0.15) is 0 Å². The van der Waals surface area contributed by atoms with Gasteiger partial charge in [-0.3, -0.25) is 0 Å². The Morgan fingerprint density at radius 2 is 1.00 bits per heavy atom. The fraction of sp³-hybridized carbons (Fsp3) is 0. The Morgan fingerprint density at radius 1 is 0.542 bits per heavy atom. The van der Waals surface area contributed by atoms with Crippen molar-refractivity contribution in [3.05, 3.63) is 78.9 Å². The number of hydrogen-bond donors (Lipinski definition) is 0. The molecular weight excluding hydrogens is 295 g/mol. The zero-order valence-corrected chi connectivity index (χ0v) is 12.9. The van der Waals surface area contributed by atoms with Crippen molar-refractivity contribution in [2.24, 2.45) is 0 Å². The van der Waals surface area contributed by atoms with E-state index in [0.717, 1.165) is 16.7 Å². The van der Waals surface area contributed by atoms with Crippen LogP contribution < -0.4 is 5.46 Å². The SMILES string of the molecule is [B]c1ccc(-c2nnc(-c3ccc(-c4ccccc4)cc3)o2)cc1. The summed E-state index contributed by atoms with van der Waals surface area (Å²) in [5.41, 5.74) is 4.78. The summed E-state index contributed by atoms with van der Waals surface area (Å²) in [6, 6.07) is 25.7. The standard InChI is InChI=1S/C20H13BN2O/c21-18-12-10-17(11-13-18)20-23-22-19(24-20)16-8-6-15(7-9-16)14-4-2-1-3-5-14/h1-13H. The maximum absolute atomic E-state index is 5.78. The number of benzene rings is 3. The fourth-order valence-corrected chi connectivity index (χ4v) is 2.52. The summed E-state index contributed by atoms with van der Waals surface area (Å²) in [6.45, 7) is 0. The zero-order valence-electron chi connectivity index (χ0n) is 12.9. The van der Waals surface area contributed by atoms with Gasteiger partial charge in [-0.2, -0.15) is 0 Å². The molecule has 0 unspecified atom stereocenters. The van der Waals surface area contributed by atoms with Crippen molar-refractivity contribution in [1.82, 2.24) is 10.2 Å². The Bertz CT molecular complexity index is 945. The summed E-state index contributed by atoms with van der Waals surface area (Å²) in [6.07, 6.45) is 0. The molecule has 0 bridgehead atoms. The van der Waals surface area contributed by atoms with E-state index in [-0.39, 0.29) is 0 Å². The highest BCUT2D eigenvalue weighted by atomic mass is 16.4. The summed E-state index contributed by atoms with van der Waals surface area (Å²) >= 11 is 0. The van der Waals surface area contributed by atoms with Gasteiger partial charge in [0, 0.05) is 11.1 Å². The molecule has 3 nitrogen and oxygen atoms in total. The summed E-state index contributed by atoms with van der Waals surface area (Å²) in [7, 11) is 5.70. The number of hydrogen-bond acceptors (Lipinski definition) is 3. The van der Waals surface area contributed by atoms with Crippen molar-refractivity contribution in [3.63, 3.8) is 0 Å². The molecular formula is C20H13BN2O. The molecule has 0 saturated heterocycles. The van der Waals surface area contributed by atoms with Crippen LogP contribution in [-0.2, 0) is 0 Å². The van der Waals surface area contributed by atoms with Gasteiger partial charge in [0.25, 0.3) is 0 Å². The van der Waals surface area contributed by atoms with Crippen LogP contribution in [0.3, 0.4) is 0 Å². The van der Waals surface area contributed by atoms with Crippen molar-refractivity contribution in [1.29, 1.82) is 0 Å². The molecule has 0 aliphatic rings. The molecule has 1 heterocycles. The highest BCUT2D eigenvalue weighted by molar-refractivity contribution is 6.32. The lowest BCUT2D eigenvalue weighted by molar-refractivity contribution is 0.584. The molecule has 112 valence electrons. The van der Waals surface area contributed by atoms with E-state index in [4.69, 9.17) is 12.3 Å². The van der Waals surface area contributed by atoms with E-state index < -0.39 is 0 Å². The predicted molar refractivity (Wildman–Crippen MR) is 96.0 cm³/mol. The number of nitrogens with zero attached hydrogens (tertiary/aromatic N) is 2. The zero-order chi connectivity index (χ0) is 16.4. The second-order valence-corrected chi connectivity index (χ2v) is 5.48. The van der Waals surface area contributed by atoms with E-state index in [9.17, 15) is 0 Å². The molecule has 3 aromatic carbocycles. The Kier molecular flexibility index (Phi) is 3.71. The molecule has 0 fully saturated rings. The van der Waals surface area contributed by atoms with Crippen molar-refractivity contribution in [2.45, 2.75) is 0 Å². The predicted octanol–water partition coefficient (Wildman–Crippen LogP) is 3.86. The molecule has 0 aliphatic heterocycles. The van der Waals surface area contributed by atoms with Gasteiger partial charge >= 0.3 is 0 Å². The average molecular weight is 308 g/mol. The largest absolute Gasteiger partial charge is 0.416 e. The second-order valence-electron chi connectivity index (χ2n) is 5.48. The second kappa shape index (κ2) is 6.16. The third-order valence-corrected chi connectivity index (χ3v) is 3.82. The molecule has 1 aromatic heterocycles. The van der Waals surface area contributed by atoms with E-state index in [1.165, 1.54) is 5.56 Å². The molecule has 4 heteroatoms. The summed E-state index contributed by atoms with van der Waals surface area (Å²) in [5.74, 6) is 0.985. The molecule has 0 saturated carbocycles. The van der Waals surface area contributed by atoms with Gasteiger partial charge in [-0.1, -0.05) is 72.2 Å². The monoisotopic (exact) mass is 308 g/mol. The molecule has 24 heavy (non-hydrogen) atoms. The van der Waals surface area contributed by atoms with E-state index in [2.05, 4.69) is 34.5 Å². The van der Waals surface area contributed by atoms with Gasteiger partial charge < -0.3 is 4.42 Å². The summed E-state index contributed by atoms with van der Waals surface area (Å²) in [4.78, 5) is 0. The molecule has 4 aromatic rings. The van der Waals surface area contributed by atoms with Gasteiger partial charge in [0.15, 0.2) is 0 Å². The lowest BCUT2D eigenvalue weighted by atomic mass is 9.95. The van der Waals surface area contributed by atoms with Gasteiger partial charge in [0.05, 0.1) is 0 Å². The van der Waals surface area contributed by atoms with Gasteiger partial charge in [-0.25, -0.2) is 0 Å². The lowest BCUT2D eigenvalue weighted by Gasteiger charge is -2.02. The van der Waals surface area contributed by atoms with Crippen LogP contribution in [0.5, 0.6) is 0 Å². The van der Waals surface area contributed by atoms with Gasteiger partial charge in [0.1, 0.15) is 7.85 Å². The molecule has 4 rings (SSSR count). The first kappa shape index (κ1) is 14.5. The summed E-state index contributed by atoms with van der Waals surface area (Å²) in [5, 5.41) is 8.26.